The van der Waals surface area contributed by atoms with Crippen molar-refractivity contribution in [3.8, 4) is 40.2 Å². The molecule has 0 aliphatic rings. The Balaban J connectivity index is 1.68. The summed E-state index contributed by atoms with van der Waals surface area (Å²) in [7, 11) is 4.62. The summed E-state index contributed by atoms with van der Waals surface area (Å²) in [5, 5.41) is 23.2. The molecule has 8 nitrogen and oxygen atoms in total. The van der Waals surface area contributed by atoms with Crippen molar-refractivity contribution in [2.24, 2.45) is 0 Å². The van der Waals surface area contributed by atoms with Gasteiger partial charge < -0.3 is 34.7 Å². The highest BCUT2D eigenvalue weighted by Gasteiger charge is 2.19. The maximum absolute atomic E-state index is 13.4. The molecule has 0 aliphatic heterocycles. The van der Waals surface area contributed by atoms with Crippen molar-refractivity contribution in [2.45, 2.75) is 18.9 Å². The molecule has 1 atom stereocenters. The number of hydrogen-bond acceptors (Lipinski definition) is 6. The number of aromatic nitrogens is 1. The standard InChI is InChI=1S/C31H32N2O6/c1-37-28-16-22(17-29(38-2)30(28)39-3)21-12-20(8-6-7-11-34)13-23(14-21)31(36)33-25(19-35)15-24-18-32-27-10-5-4-9-26(24)27/h4-5,9-10,12-14,16-18,25,32,34-35H,7,11,15,19H2,1-3H3,(H,33,36)/t25-/m1/s1. The van der Waals surface area contributed by atoms with Gasteiger partial charge in [-0.05, 0) is 59.5 Å². The number of para-hydroxylation sites is 1. The smallest absolute Gasteiger partial charge is 0.251 e. The maximum Gasteiger partial charge on any atom is 0.251 e. The fraction of sp³-hybridized carbons (Fsp3) is 0.258. The van der Waals surface area contributed by atoms with Gasteiger partial charge in [0, 0.05) is 34.6 Å². The molecule has 1 aromatic heterocycles. The van der Waals surface area contributed by atoms with Gasteiger partial charge in [0.15, 0.2) is 11.5 Å². The van der Waals surface area contributed by atoms with Crippen molar-refractivity contribution < 1.29 is 29.2 Å². The molecule has 0 aliphatic carbocycles. The number of benzene rings is 3. The third-order valence-electron chi connectivity index (χ3n) is 6.36. The number of hydrogen-bond donors (Lipinski definition) is 4. The van der Waals surface area contributed by atoms with Crippen molar-refractivity contribution in [2.75, 3.05) is 34.5 Å². The summed E-state index contributed by atoms with van der Waals surface area (Å²) < 4.78 is 16.5. The zero-order valence-corrected chi connectivity index (χ0v) is 22.2. The SMILES string of the molecule is COc1cc(-c2cc(C#CCCO)cc(C(=O)N[C@@H](CO)Cc3c[nH]c4ccccc34)c2)cc(OC)c1OC. The van der Waals surface area contributed by atoms with Crippen molar-refractivity contribution >= 4 is 16.8 Å². The number of H-pyrrole nitrogens is 1. The summed E-state index contributed by atoms with van der Waals surface area (Å²) in [5.41, 5.74) is 4.45. The van der Waals surface area contributed by atoms with E-state index >= 15 is 0 Å². The third kappa shape index (κ3) is 6.34. The number of aliphatic hydroxyl groups is 2. The third-order valence-corrected chi connectivity index (χ3v) is 6.36. The Morgan fingerprint density at radius 2 is 1.69 bits per heavy atom. The van der Waals surface area contributed by atoms with Crippen LogP contribution in [0.3, 0.4) is 0 Å². The number of carbonyl (C=O) groups is 1. The first-order valence-corrected chi connectivity index (χ1v) is 12.5. The van der Waals surface area contributed by atoms with Crippen LogP contribution in [0.5, 0.6) is 17.2 Å². The van der Waals surface area contributed by atoms with E-state index in [9.17, 15) is 9.90 Å². The number of aromatic amines is 1. The van der Waals surface area contributed by atoms with Gasteiger partial charge in [-0.25, -0.2) is 0 Å². The lowest BCUT2D eigenvalue weighted by Crippen LogP contribution is -2.39. The molecule has 1 amide bonds. The van der Waals surface area contributed by atoms with E-state index in [1.54, 1.807) is 38.5 Å². The molecule has 4 aromatic rings. The van der Waals surface area contributed by atoms with Crippen LogP contribution < -0.4 is 19.5 Å². The molecule has 0 saturated carbocycles. The summed E-state index contributed by atoms with van der Waals surface area (Å²) in [6.45, 7) is -0.278. The number of methoxy groups -OCH3 is 3. The van der Waals surface area contributed by atoms with Crippen molar-refractivity contribution in [3.63, 3.8) is 0 Å². The van der Waals surface area contributed by atoms with Gasteiger partial charge in [0.1, 0.15) is 0 Å². The second-order valence-electron chi connectivity index (χ2n) is 8.91. The minimum Gasteiger partial charge on any atom is -0.493 e. The van der Waals surface area contributed by atoms with Crippen LogP contribution in [0, 0.1) is 11.8 Å². The second kappa shape index (κ2) is 12.9. The van der Waals surface area contributed by atoms with E-state index in [1.807, 2.05) is 36.5 Å². The van der Waals surface area contributed by atoms with Gasteiger partial charge >= 0.3 is 0 Å². The van der Waals surface area contributed by atoms with Crippen LogP contribution in [-0.4, -0.2) is 61.7 Å². The lowest BCUT2D eigenvalue weighted by atomic mass is 9.98. The fourth-order valence-electron chi connectivity index (χ4n) is 4.46. The summed E-state index contributed by atoms with van der Waals surface area (Å²) in [6, 6.07) is 16.3. The topological polar surface area (TPSA) is 113 Å². The Morgan fingerprint density at radius 1 is 0.974 bits per heavy atom. The van der Waals surface area contributed by atoms with E-state index in [0.717, 1.165) is 22.0 Å². The van der Waals surface area contributed by atoms with Gasteiger partial charge in [-0.1, -0.05) is 30.0 Å². The zero-order chi connectivity index (χ0) is 27.8. The van der Waals surface area contributed by atoms with Crippen LogP contribution in [0.25, 0.3) is 22.0 Å². The number of aliphatic hydroxyl groups excluding tert-OH is 2. The van der Waals surface area contributed by atoms with Crippen LogP contribution >= 0.6 is 0 Å². The number of ether oxygens (including phenoxy) is 3. The number of amides is 1. The molecule has 0 spiro atoms. The Hall–Kier alpha value is -4.45. The van der Waals surface area contributed by atoms with Crippen LogP contribution in [0.2, 0.25) is 0 Å². The van der Waals surface area contributed by atoms with E-state index in [-0.39, 0.29) is 19.1 Å². The molecule has 1 heterocycles. The minimum atomic E-state index is -0.495. The van der Waals surface area contributed by atoms with E-state index in [0.29, 0.717) is 46.8 Å². The molecule has 39 heavy (non-hydrogen) atoms. The first-order chi connectivity index (χ1) is 19.0. The average Bonchev–Trinajstić information content (AvgIpc) is 3.38. The van der Waals surface area contributed by atoms with Crippen LogP contribution in [0.1, 0.15) is 27.9 Å². The Morgan fingerprint density at radius 3 is 2.36 bits per heavy atom. The summed E-state index contributed by atoms with van der Waals surface area (Å²) in [5.74, 6) is 7.02. The monoisotopic (exact) mass is 528 g/mol. The van der Waals surface area contributed by atoms with Gasteiger partial charge in [0.2, 0.25) is 5.75 Å². The van der Waals surface area contributed by atoms with Crippen LogP contribution in [-0.2, 0) is 6.42 Å². The molecule has 4 rings (SSSR count). The van der Waals surface area contributed by atoms with Crippen molar-refractivity contribution in [1.82, 2.24) is 10.3 Å². The summed E-state index contributed by atoms with van der Waals surface area (Å²) >= 11 is 0. The Bertz CT molecular complexity index is 1490. The van der Waals surface area contributed by atoms with Crippen LogP contribution in [0.15, 0.2) is 60.8 Å². The quantitative estimate of drug-likeness (QED) is 0.232. The van der Waals surface area contributed by atoms with E-state index in [1.165, 1.54) is 7.11 Å². The Labute approximate surface area is 227 Å². The highest BCUT2D eigenvalue weighted by atomic mass is 16.5. The second-order valence-corrected chi connectivity index (χ2v) is 8.91. The number of fused-ring (bicyclic) bond motifs is 1. The van der Waals surface area contributed by atoms with Gasteiger partial charge in [0.05, 0.1) is 40.6 Å². The maximum atomic E-state index is 13.4. The lowest BCUT2D eigenvalue weighted by Gasteiger charge is -2.17. The zero-order valence-electron chi connectivity index (χ0n) is 22.2. The molecule has 202 valence electrons. The summed E-state index contributed by atoms with van der Waals surface area (Å²) in [6.07, 6.45) is 2.68. The first kappa shape index (κ1) is 27.6. The minimum absolute atomic E-state index is 0.0566. The summed E-state index contributed by atoms with van der Waals surface area (Å²) in [4.78, 5) is 16.7. The van der Waals surface area contributed by atoms with Gasteiger partial charge in [0.25, 0.3) is 5.91 Å². The van der Waals surface area contributed by atoms with Gasteiger partial charge in [-0.15, -0.1) is 0 Å². The number of rotatable bonds is 10. The normalized spacial score (nSPS) is 11.4. The Kier molecular flexibility index (Phi) is 9.10. The molecular weight excluding hydrogens is 496 g/mol. The largest absolute Gasteiger partial charge is 0.493 e. The van der Waals surface area contributed by atoms with Crippen LogP contribution in [0.4, 0.5) is 0 Å². The predicted molar refractivity (Wildman–Crippen MR) is 150 cm³/mol. The predicted octanol–water partition coefficient (Wildman–Crippen LogP) is 3.93. The molecule has 0 fully saturated rings. The molecule has 0 unspecified atom stereocenters. The van der Waals surface area contributed by atoms with E-state index in [2.05, 4.69) is 22.1 Å². The molecule has 0 bridgehead atoms. The van der Waals surface area contributed by atoms with E-state index in [4.69, 9.17) is 19.3 Å². The number of carbonyl (C=O) groups excluding carboxylic acids is 1. The highest BCUT2D eigenvalue weighted by molar-refractivity contribution is 5.96. The molecule has 0 saturated heterocycles. The fourth-order valence-corrected chi connectivity index (χ4v) is 4.46. The van der Waals surface area contributed by atoms with Gasteiger partial charge in [-0.3, -0.25) is 4.79 Å². The molecular formula is C31H32N2O6. The molecule has 3 aromatic carbocycles. The molecule has 0 radical (unpaired) electrons. The molecule has 4 N–H and O–H groups in total. The van der Waals surface area contributed by atoms with Gasteiger partial charge in [-0.2, -0.15) is 0 Å². The first-order valence-electron chi connectivity index (χ1n) is 12.5. The van der Waals surface area contributed by atoms with E-state index < -0.39 is 6.04 Å². The average molecular weight is 529 g/mol. The van der Waals surface area contributed by atoms with Crippen molar-refractivity contribution in [3.05, 3.63) is 77.5 Å². The van der Waals surface area contributed by atoms with Crippen molar-refractivity contribution in [1.29, 1.82) is 0 Å². The lowest BCUT2D eigenvalue weighted by molar-refractivity contribution is 0.0916. The number of nitrogens with one attached hydrogen (secondary N) is 2. The highest BCUT2D eigenvalue weighted by Crippen LogP contribution is 2.41. The molecule has 8 heteroatoms.